The van der Waals surface area contributed by atoms with E-state index in [1.54, 1.807) is 21.3 Å². The number of halogens is 1. The van der Waals surface area contributed by atoms with Crippen LogP contribution in [0, 0.1) is 17.7 Å². The minimum absolute atomic E-state index is 0.0888. The van der Waals surface area contributed by atoms with Crippen molar-refractivity contribution in [2.24, 2.45) is 18.9 Å². The molecule has 0 radical (unpaired) electrons. The van der Waals surface area contributed by atoms with E-state index in [0.717, 1.165) is 36.9 Å². The Balaban J connectivity index is 1.20. The molecular weight excluding hydrogens is 533 g/mol. The predicted molar refractivity (Wildman–Crippen MR) is 149 cm³/mol. The second kappa shape index (κ2) is 10.1. The highest BCUT2D eigenvalue weighted by molar-refractivity contribution is 7.89. The molecule has 2 fully saturated rings. The van der Waals surface area contributed by atoms with Crippen molar-refractivity contribution in [3.05, 3.63) is 48.3 Å². The van der Waals surface area contributed by atoms with E-state index in [9.17, 15) is 12.8 Å². The Labute approximate surface area is 232 Å². The van der Waals surface area contributed by atoms with Crippen molar-refractivity contribution < 1.29 is 12.8 Å². The summed E-state index contributed by atoms with van der Waals surface area (Å²) in [5, 5.41) is 8.24. The van der Waals surface area contributed by atoms with Crippen LogP contribution in [0.3, 0.4) is 0 Å². The molecule has 6 rings (SSSR count). The number of hydrogen-bond donors (Lipinski definition) is 1. The number of pyridine rings is 2. The van der Waals surface area contributed by atoms with Crippen molar-refractivity contribution in [3.63, 3.8) is 0 Å². The van der Waals surface area contributed by atoms with Crippen LogP contribution in [-0.4, -0.2) is 80.1 Å². The van der Waals surface area contributed by atoms with Crippen molar-refractivity contribution in [2.75, 3.05) is 38.0 Å². The van der Waals surface area contributed by atoms with Crippen LogP contribution in [0.25, 0.3) is 22.3 Å². The van der Waals surface area contributed by atoms with Gasteiger partial charge in [0.25, 0.3) is 0 Å². The van der Waals surface area contributed by atoms with Gasteiger partial charge in [-0.25, -0.2) is 32.7 Å². The van der Waals surface area contributed by atoms with Gasteiger partial charge in [0.15, 0.2) is 11.5 Å². The zero-order valence-electron chi connectivity index (χ0n) is 22.9. The van der Waals surface area contributed by atoms with Crippen molar-refractivity contribution in [2.45, 2.75) is 31.6 Å². The second-order valence-electron chi connectivity index (χ2n) is 10.8. The number of sulfonamides is 1. The van der Waals surface area contributed by atoms with Crippen molar-refractivity contribution in [1.29, 1.82) is 0 Å². The molecule has 40 heavy (non-hydrogen) atoms. The smallest absolute Gasteiger partial charge is 0.244 e. The molecule has 1 N–H and O–H groups in total. The molecule has 4 aromatic heterocycles. The number of fused-ring (bicyclic) bond motifs is 2. The lowest BCUT2D eigenvalue weighted by molar-refractivity contribution is 0.310. The number of hydrogen-bond acceptors (Lipinski definition) is 9. The van der Waals surface area contributed by atoms with Crippen LogP contribution < -0.4 is 5.32 Å². The number of likely N-dealkylation sites (tertiary alicyclic amines) is 1. The maximum absolute atomic E-state index is 14.8. The fourth-order valence-corrected chi connectivity index (χ4v) is 7.41. The molecule has 0 aromatic carbocycles. The first-order chi connectivity index (χ1) is 19.1. The number of aromatic nitrogens is 6. The van der Waals surface area contributed by atoms with Crippen LogP contribution in [0.2, 0.25) is 0 Å². The van der Waals surface area contributed by atoms with Gasteiger partial charge in [0, 0.05) is 56.6 Å². The van der Waals surface area contributed by atoms with Crippen LogP contribution in [0.4, 0.5) is 16.2 Å². The van der Waals surface area contributed by atoms with Crippen molar-refractivity contribution in [3.8, 4) is 11.3 Å². The Hall–Kier alpha value is -3.55. The molecule has 2 unspecified atom stereocenters. The van der Waals surface area contributed by atoms with E-state index in [1.165, 1.54) is 12.3 Å². The molecule has 0 amide bonds. The number of nitrogens with one attached hydrogen (secondary N) is 1. The summed E-state index contributed by atoms with van der Waals surface area (Å²) in [4.78, 5) is 19.6. The second-order valence-corrected chi connectivity index (χ2v) is 12.8. The zero-order valence-corrected chi connectivity index (χ0v) is 23.7. The third-order valence-electron chi connectivity index (χ3n) is 7.89. The molecule has 2 atom stereocenters. The van der Waals surface area contributed by atoms with Crippen LogP contribution in [0.5, 0.6) is 0 Å². The molecule has 0 aliphatic carbocycles. The van der Waals surface area contributed by atoms with E-state index in [4.69, 9.17) is 0 Å². The fraction of sp³-hybridized carbons (Fsp3) is 0.444. The van der Waals surface area contributed by atoms with E-state index in [2.05, 4.69) is 56.0 Å². The summed E-state index contributed by atoms with van der Waals surface area (Å²) in [5.74, 6) is 0.834. The maximum Gasteiger partial charge on any atom is 0.244 e. The van der Waals surface area contributed by atoms with Crippen LogP contribution >= 0.6 is 0 Å². The van der Waals surface area contributed by atoms with Crippen LogP contribution in [0.15, 0.2) is 41.7 Å². The first kappa shape index (κ1) is 26.7. The average Bonchev–Trinajstić information content (AvgIpc) is 3.60. The summed E-state index contributed by atoms with van der Waals surface area (Å²) < 4.78 is 44.7. The zero-order chi connectivity index (χ0) is 28.2. The normalized spacial score (nSPS) is 20.1. The predicted octanol–water partition coefficient (Wildman–Crippen LogP) is 3.40. The molecule has 0 saturated carbocycles. The standard InChI is InChI=1S/C27H32FN9O2S/c1-5-36-12-18-14-37(15-19(18)13-36)40(38,39)20-6-7-23(29-10-20)32-27-31-11-22(28)24(33-27)17-8-21-25(16(2)3)35(4)34-26(21)30-9-17/h6-11,16,18-19H,5,12-15H2,1-4H3,(H,29,31,32,33). The van der Waals surface area contributed by atoms with Gasteiger partial charge in [-0.3, -0.25) is 4.68 Å². The van der Waals surface area contributed by atoms with E-state index in [0.29, 0.717) is 42.0 Å². The summed E-state index contributed by atoms with van der Waals surface area (Å²) in [6, 6.07) is 4.92. The topological polar surface area (TPSA) is 122 Å². The molecule has 6 heterocycles. The van der Waals surface area contributed by atoms with Gasteiger partial charge in [-0.05, 0) is 42.5 Å². The monoisotopic (exact) mass is 565 g/mol. The lowest BCUT2D eigenvalue weighted by Crippen LogP contribution is -2.33. The Morgan fingerprint density at radius 2 is 1.80 bits per heavy atom. The van der Waals surface area contributed by atoms with Gasteiger partial charge in [-0.15, -0.1) is 0 Å². The molecule has 4 aromatic rings. The van der Waals surface area contributed by atoms with Gasteiger partial charge in [0.05, 0.1) is 11.9 Å². The highest BCUT2D eigenvalue weighted by Crippen LogP contribution is 2.34. The fourth-order valence-electron chi connectivity index (χ4n) is 5.91. The molecule has 2 aliphatic heterocycles. The van der Waals surface area contributed by atoms with E-state index >= 15 is 0 Å². The Morgan fingerprint density at radius 3 is 2.45 bits per heavy atom. The SMILES string of the molecule is CCN1CC2CN(S(=O)(=O)c3ccc(Nc4ncc(F)c(-c5cnc6nn(C)c(C(C)C)c6c5)n4)nc3)CC2C1. The third-order valence-corrected chi connectivity index (χ3v) is 9.71. The Kier molecular flexibility index (Phi) is 6.75. The van der Waals surface area contributed by atoms with Crippen LogP contribution in [-0.2, 0) is 17.1 Å². The summed E-state index contributed by atoms with van der Waals surface area (Å²) in [6.45, 7) is 10.2. The molecule has 0 bridgehead atoms. The Bertz CT molecular complexity index is 1660. The van der Waals surface area contributed by atoms with Crippen molar-refractivity contribution in [1.82, 2.24) is 38.9 Å². The van der Waals surface area contributed by atoms with Gasteiger partial charge in [0.1, 0.15) is 16.4 Å². The molecule has 13 heteroatoms. The first-order valence-corrected chi connectivity index (χ1v) is 14.9. The first-order valence-electron chi connectivity index (χ1n) is 13.4. The largest absolute Gasteiger partial charge is 0.309 e. The third kappa shape index (κ3) is 4.71. The summed E-state index contributed by atoms with van der Waals surface area (Å²) in [5.41, 5.74) is 2.17. The van der Waals surface area contributed by atoms with Gasteiger partial charge >= 0.3 is 0 Å². The number of nitrogens with zero attached hydrogens (tertiary/aromatic N) is 8. The van der Waals surface area contributed by atoms with Gasteiger partial charge in [-0.2, -0.15) is 9.40 Å². The molecule has 0 spiro atoms. The summed E-state index contributed by atoms with van der Waals surface area (Å²) >= 11 is 0. The lowest BCUT2D eigenvalue weighted by atomic mass is 10.0. The molecule has 210 valence electrons. The highest BCUT2D eigenvalue weighted by atomic mass is 32.2. The van der Waals surface area contributed by atoms with E-state index in [-0.39, 0.29) is 22.5 Å². The maximum atomic E-state index is 14.8. The van der Waals surface area contributed by atoms with E-state index < -0.39 is 15.8 Å². The van der Waals surface area contributed by atoms with Gasteiger partial charge in [-0.1, -0.05) is 20.8 Å². The number of rotatable bonds is 7. The van der Waals surface area contributed by atoms with Crippen molar-refractivity contribution >= 4 is 32.8 Å². The lowest BCUT2D eigenvalue weighted by Gasteiger charge is -2.20. The minimum atomic E-state index is -3.64. The quantitative estimate of drug-likeness (QED) is 0.359. The number of anilines is 2. The van der Waals surface area contributed by atoms with E-state index in [1.807, 2.05) is 13.1 Å². The summed E-state index contributed by atoms with van der Waals surface area (Å²) in [6.07, 6.45) is 3.96. The molecule has 11 nitrogen and oxygen atoms in total. The average molecular weight is 566 g/mol. The molecule has 2 saturated heterocycles. The minimum Gasteiger partial charge on any atom is -0.309 e. The van der Waals surface area contributed by atoms with Gasteiger partial charge < -0.3 is 10.2 Å². The molecule has 2 aliphatic rings. The number of aryl methyl sites for hydroxylation is 1. The summed E-state index contributed by atoms with van der Waals surface area (Å²) in [7, 11) is -1.77. The Morgan fingerprint density at radius 1 is 1.05 bits per heavy atom. The highest BCUT2D eigenvalue weighted by Gasteiger charge is 2.43. The van der Waals surface area contributed by atoms with Gasteiger partial charge in [0.2, 0.25) is 16.0 Å². The van der Waals surface area contributed by atoms with Crippen LogP contribution in [0.1, 0.15) is 32.4 Å². The molecular formula is C27H32FN9O2S.